The summed E-state index contributed by atoms with van der Waals surface area (Å²) in [4.78, 5) is 2.50. The molecule has 2 nitrogen and oxygen atoms in total. The number of hydrogen-bond acceptors (Lipinski definition) is 2. The third-order valence-corrected chi connectivity index (χ3v) is 4.63. The molecule has 2 unspecified atom stereocenters. The highest BCUT2D eigenvalue weighted by molar-refractivity contribution is 5.25. The maximum absolute atomic E-state index is 3.63. The van der Waals surface area contributed by atoms with Crippen LogP contribution in [0.2, 0.25) is 0 Å². The van der Waals surface area contributed by atoms with Crippen molar-refractivity contribution in [3.8, 4) is 0 Å². The van der Waals surface area contributed by atoms with Gasteiger partial charge in [0.25, 0.3) is 0 Å². The van der Waals surface area contributed by atoms with Crippen LogP contribution in [0.5, 0.6) is 0 Å². The molecular formula is C19H34N2. The van der Waals surface area contributed by atoms with Crippen molar-refractivity contribution in [3.63, 3.8) is 0 Å². The van der Waals surface area contributed by atoms with Crippen LogP contribution in [0.3, 0.4) is 0 Å². The zero-order valence-corrected chi connectivity index (χ0v) is 15.0. The molecule has 0 spiro atoms. The van der Waals surface area contributed by atoms with Crippen molar-refractivity contribution in [2.24, 2.45) is 5.92 Å². The van der Waals surface area contributed by atoms with Crippen molar-refractivity contribution >= 4 is 0 Å². The van der Waals surface area contributed by atoms with E-state index in [0.717, 1.165) is 13.1 Å². The Bertz CT molecular complexity index is 399. The number of nitrogens with zero attached hydrogens (tertiary/aromatic N) is 1. The Labute approximate surface area is 131 Å². The molecule has 0 aliphatic heterocycles. The summed E-state index contributed by atoms with van der Waals surface area (Å²) in [5, 5.41) is 3.63. The molecule has 0 saturated carbocycles. The summed E-state index contributed by atoms with van der Waals surface area (Å²) in [6, 6.07) is 12.0. The normalized spacial score (nSPS) is 16.5. The average Bonchev–Trinajstić information content (AvgIpc) is 2.45. The predicted octanol–water partition coefficient (Wildman–Crippen LogP) is 3.92. The molecule has 1 rings (SSSR count). The van der Waals surface area contributed by atoms with Gasteiger partial charge >= 0.3 is 0 Å². The first kappa shape index (κ1) is 18.2. The van der Waals surface area contributed by atoms with Gasteiger partial charge in [0.2, 0.25) is 0 Å². The Morgan fingerprint density at radius 3 is 2.10 bits per heavy atom. The molecule has 0 amide bonds. The molecule has 0 radical (unpaired) electrons. The molecule has 1 aromatic carbocycles. The van der Waals surface area contributed by atoms with Crippen LogP contribution in [0, 0.1) is 5.92 Å². The minimum absolute atomic E-state index is 0.128. The lowest BCUT2D eigenvalue weighted by Crippen LogP contribution is -2.48. The van der Waals surface area contributed by atoms with Crippen molar-refractivity contribution in [1.82, 2.24) is 10.2 Å². The summed E-state index contributed by atoms with van der Waals surface area (Å²) < 4.78 is 0. The smallest absolute Gasteiger partial charge is 0.0177 e. The number of rotatable bonds is 8. The molecule has 0 aromatic heterocycles. The second-order valence-electron chi connectivity index (χ2n) is 7.36. The maximum Gasteiger partial charge on any atom is 0.0177 e. The minimum atomic E-state index is 0.128. The summed E-state index contributed by atoms with van der Waals surface area (Å²) >= 11 is 0. The van der Waals surface area contributed by atoms with Gasteiger partial charge in [-0.25, -0.2) is 0 Å². The molecule has 0 fully saturated rings. The minimum Gasteiger partial charge on any atom is -0.314 e. The fourth-order valence-electron chi connectivity index (χ4n) is 2.72. The zero-order chi connectivity index (χ0) is 16.0. The molecule has 0 heterocycles. The van der Waals surface area contributed by atoms with Crippen molar-refractivity contribution in [2.45, 2.75) is 59.0 Å². The van der Waals surface area contributed by atoms with Crippen molar-refractivity contribution < 1.29 is 0 Å². The highest BCUT2D eigenvalue weighted by atomic mass is 15.1. The Kier molecular flexibility index (Phi) is 6.89. The van der Waals surface area contributed by atoms with Crippen LogP contribution in [0.15, 0.2) is 30.3 Å². The SMILES string of the molecule is CC(C)NCC(C)(CN(C)C(C)C(C)C)c1ccccc1. The van der Waals surface area contributed by atoms with E-state index in [-0.39, 0.29) is 5.41 Å². The van der Waals surface area contributed by atoms with Crippen LogP contribution in [0.25, 0.3) is 0 Å². The van der Waals surface area contributed by atoms with E-state index in [1.807, 2.05) is 0 Å². The van der Waals surface area contributed by atoms with E-state index in [1.165, 1.54) is 5.56 Å². The Morgan fingerprint density at radius 1 is 1.05 bits per heavy atom. The third kappa shape index (κ3) is 5.44. The molecule has 1 N–H and O–H groups in total. The first-order valence-corrected chi connectivity index (χ1v) is 8.25. The van der Waals surface area contributed by atoms with Gasteiger partial charge in [-0.15, -0.1) is 0 Å². The van der Waals surface area contributed by atoms with E-state index < -0.39 is 0 Å². The van der Waals surface area contributed by atoms with Gasteiger partial charge < -0.3 is 10.2 Å². The van der Waals surface area contributed by atoms with Gasteiger partial charge in [0.15, 0.2) is 0 Å². The van der Waals surface area contributed by atoms with Crippen molar-refractivity contribution in [3.05, 3.63) is 35.9 Å². The largest absolute Gasteiger partial charge is 0.314 e. The quantitative estimate of drug-likeness (QED) is 0.780. The lowest BCUT2D eigenvalue weighted by Gasteiger charge is -2.39. The van der Waals surface area contributed by atoms with Crippen LogP contribution in [0.4, 0.5) is 0 Å². The summed E-state index contributed by atoms with van der Waals surface area (Å²) in [6.07, 6.45) is 0. The monoisotopic (exact) mass is 290 g/mol. The molecule has 2 atom stereocenters. The van der Waals surface area contributed by atoms with Crippen LogP contribution >= 0.6 is 0 Å². The second kappa shape index (κ2) is 7.95. The lowest BCUT2D eigenvalue weighted by atomic mass is 9.81. The molecule has 0 bridgehead atoms. The average molecular weight is 290 g/mol. The van der Waals surface area contributed by atoms with Gasteiger partial charge in [0, 0.05) is 30.6 Å². The van der Waals surface area contributed by atoms with Gasteiger partial charge in [-0.3, -0.25) is 0 Å². The van der Waals surface area contributed by atoms with Crippen LogP contribution in [0.1, 0.15) is 47.1 Å². The third-order valence-electron chi connectivity index (χ3n) is 4.63. The second-order valence-corrected chi connectivity index (χ2v) is 7.36. The fourth-order valence-corrected chi connectivity index (χ4v) is 2.72. The zero-order valence-electron chi connectivity index (χ0n) is 15.0. The summed E-state index contributed by atoms with van der Waals surface area (Å²) in [5.74, 6) is 0.674. The number of nitrogens with one attached hydrogen (secondary N) is 1. The van der Waals surface area contributed by atoms with Crippen molar-refractivity contribution in [2.75, 3.05) is 20.1 Å². The standard InChI is InChI=1S/C19H34N2/c1-15(2)17(5)21(7)14-19(6,13-20-16(3)4)18-11-9-8-10-12-18/h8-12,15-17,20H,13-14H2,1-7H3. The summed E-state index contributed by atoms with van der Waals surface area (Å²) in [6.45, 7) is 15.8. The van der Waals surface area contributed by atoms with E-state index >= 15 is 0 Å². The number of hydrogen-bond donors (Lipinski definition) is 1. The Balaban J connectivity index is 2.92. The van der Waals surface area contributed by atoms with E-state index in [2.05, 4.69) is 89.1 Å². The van der Waals surface area contributed by atoms with Gasteiger partial charge in [0.1, 0.15) is 0 Å². The number of benzene rings is 1. The molecular weight excluding hydrogens is 256 g/mol. The number of likely N-dealkylation sites (N-methyl/N-ethyl adjacent to an activating group) is 1. The molecule has 0 saturated heterocycles. The molecule has 1 aromatic rings. The van der Waals surface area contributed by atoms with Gasteiger partial charge in [0.05, 0.1) is 0 Å². The summed E-state index contributed by atoms with van der Waals surface area (Å²) in [5.41, 5.74) is 1.55. The van der Waals surface area contributed by atoms with Gasteiger partial charge in [-0.05, 0) is 25.5 Å². The van der Waals surface area contributed by atoms with E-state index in [1.54, 1.807) is 0 Å². The summed E-state index contributed by atoms with van der Waals surface area (Å²) in [7, 11) is 2.25. The first-order chi connectivity index (χ1) is 9.76. The predicted molar refractivity (Wildman–Crippen MR) is 93.9 cm³/mol. The molecule has 120 valence electrons. The first-order valence-electron chi connectivity index (χ1n) is 8.25. The van der Waals surface area contributed by atoms with Gasteiger partial charge in [-0.2, -0.15) is 0 Å². The Hall–Kier alpha value is -0.860. The van der Waals surface area contributed by atoms with Crippen molar-refractivity contribution in [1.29, 1.82) is 0 Å². The lowest BCUT2D eigenvalue weighted by molar-refractivity contribution is 0.164. The van der Waals surface area contributed by atoms with Gasteiger partial charge in [-0.1, -0.05) is 65.0 Å². The molecule has 0 aliphatic rings. The van der Waals surface area contributed by atoms with E-state index in [9.17, 15) is 0 Å². The fraction of sp³-hybridized carbons (Fsp3) is 0.684. The highest BCUT2D eigenvalue weighted by Gasteiger charge is 2.30. The Morgan fingerprint density at radius 2 is 1.62 bits per heavy atom. The van der Waals surface area contributed by atoms with Crippen LogP contribution < -0.4 is 5.32 Å². The topological polar surface area (TPSA) is 15.3 Å². The molecule has 2 heteroatoms. The molecule has 0 aliphatic carbocycles. The maximum atomic E-state index is 3.63. The van der Waals surface area contributed by atoms with E-state index in [4.69, 9.17) is 0 Å². The highest BCUT2D eigenvalue weighted by Crippen LogP contribution is 2.26. The van der Waals surface area contributed by atoms with E-state index in [0.29, 0.717) is 18.0 Å². The van der Waals surface area contributed by atoms with Crippen LogP contribution in [-0.4, -0.2) is 37.1 Å². The van der Waals surface area contributed by atoms with Crippen LogP contribution in [-0.2, 0) is 5.41 Å². The molecule has 21 heavy (non-hydrogen) atoms.